The normalized spacial score (nSPS) is 16.6. The lowest BCUT2D eigenvalue weighted by molar-refractivity contribution is 0.181. The highest BCUT2D eigenvalue weighted by Crippen LogP contribution is 2.29. The maximum Gasteiger partial charge on any atom is 0.214 e. The van der Waals surface area contributed by atoms with E-state index < -0.39 is 10.0 Å². The molecule has 7 heteroatoms. The first-order chi connectivity index (χ1) is 12.9. The summed E-state index contributed by atoms with van der Waals surface area (Å²) in [4.78, 5) is 2.29. The van der Waals surface area contributed by atoms with Gasteiger partial charge in [-0.1, -0.05) is 33.3 Å². The molecule has 1 heterocycles. The van der Waals surface area contributed by atoms with E-state index in [1.54, 1.807) is 11.4 Å². The summed E-state index contributed by atoms with van der Waals surface area (Å²) in [6.45, 7) is 10.3. The first kappa shape index (κ1) is 22.0. The second-order valence-corrected chi connectivity index (χ2v) is 9.62. The summed E-state index contributed by atoms with van der Waals surface area (Å²) in [6, 6.07) is 6.03. The molecule has 0 aromatic heterocycles. The molecule has 0 radical (unpaired) electrons. The molecule has 1 saturated heterocycles. The molecule has 0 aliphatic carbocycles. The number of nitrogens with zero attached hydrogens (tertiary/aromatic N) is 2. The van der Waals surface area contributed by atoms with Crippen molar-refractivity contribution in [3.63, 3.8) is 0 Å². The van der Waals surface area contributed by atoms with E-state index in [0.717, 1.165) is 49.5 Å². The third-order valence-corrected chi connectivity index (χ3v) is 6.64. The number of unbranched alkanes of at least 4 members (excludes halogenated alkanes) is 1. The standard InChI is InChI=1S/C20H34N2O4S/c1-5-6-13-27(23,24)22-11-9-21(10-12-22)15-18-7-8-19(20(14-18)25-4)26-16-17(2)3/h7-8,14,17H,5-6,9-13,15-16H2,1-4H3. The smallest absolute Gasteiger partial charge is 0.214 e. The van der Waals surface area contributed by atoms with Gasteiger partial charge in [-0.2, -0.15) is 4.31 Å². The van der Waals surface area contributed by atoms with Gasteiger partial charge in [0.2, 0.25) is 10.0 Å². The minimum absolute atomic E-state index is 0.262. The SMILES string of the molecule is CCCCS(=O)(=O)N1CCN(Cc2ccc(OCC(C)C)c(OC)c2)CC1. The number of methoxy groups -OCH3 is 1. The van der Waals surface area contributed by atoms with Gasteiger partial charge in [-0.15, -0.1) is 0 Å². The van der Waals surface area contributed by atoms with Gasteiger partial charge in [0.1, 0.15) is 0 Å². The highest BCUT2D eigenvalue weighted by molar-refractivity contribution is 7.89. The Labute approximate surface area is 164 Å². The van der Waals surface area contributed by atoms with Gasteiger partial charge in [0.25, 0.3) is 0 Å². The molecule has 0 bridgehead atoms. The van der Waals surface area contributed by atoms with Gasteiger partial charge in [0.15, 0.2) is 11.5 Å². The van der Waals surface area contributed by atoms with Crippen LogP contribution in [0.25, 0.3) is 0 Å². The highest BCUT2D eigenvalue weighted by Gasteiger charge is 2.26. The molecule has 6 nitrogen and oxygen atoms in total. The van der Waals surface area contributed by atoms with Crippen LogP contribution < -0.4 is 9.47 Å². The maximum atomic E-state index is 12.3. The summed E-state index contributed by atoms with van der Waals surface area (Å²) in [5, 5.41) is 0. The predicted molar refractivity (Wildman–Crippen MR) is 109 cm³/mol. The fourth-order valence-corrected chi connectivity index (χ4v) is 4.70. The summed E-state index contributed by atoms with van der Waals surface area (Å²) >= 11 is 0. The van der Waals surface area contributed by atoms with E-state index in [9.17, 15) is 8.42 Å². The van der Waals surface area contributed by atoms with E-state index >= 15 is 0 Å². The molecular formula is C20H34N2O4S. The van der Waals surface area contributed by atoms with Crippen molar-refractivity contribution >= 4 is 10.0 Å². The summed E-state index contributed by atoms with van der Waals surface area (Å²) in [5.41, 5.74) is 1.14. The number of sulfonamides is 1. The fraction of sp³-hybridized carbons (Fsp3) is 0.700. The minimum atomic E-state index is -3.10. The lowest BCUT2D eigenvalue weighted by Gasteiger charge is -2.34. The first-order valence-corrected chi connectivity index (χ1v) is 11.5. The van der Waals surface area contributed by atoms with Crippen molar-refractivity contribution in [2.75, 3.05) is 45.6 Å². The number of benzene rings is 1. The summed E-state index contributed by atoms with van der Waals surface area (Å²) in [6.07, 6.45) is 1.63. The molecule has 1 fully saturated rings. The Balaban J connectivity index is 1.91. The van der Waals surface area contributed by atoms with Crippen LogP contribution in [0, 0.1) is 5.92 Å². The molecule has 0 N–H and O–H groups in total. The Morgan fingerprint density at radius 1 is 1.11 bits per heavy atom. The van der Waals surface area contributed by atoms with Gasteiger partial charge in [-0.25, -0.2) is 8.42 Å². The van der Waals surface area contributed by atoms with Crippen molar-refractivity contribution in [3.05, 3.63) is 23.8 Å². The van der Waals surface area contributed by atoms with E-state index in [2.05, 4.69) is 24.8 Å². The Bertz CT molecular complexity index is 683. The molecule has 1 aromatic rings. The summed E-state index contributed by atoms with van der Waals surface area (Å²) in [5.74, 6) is 2.23. The van der Waals surface area contributed by atoms with Crippen LogP contribution in [0.5, 0.6) is 11.5 Å². The second-order valence-electron chi connectivity index (χ2n) is 7.53. The predicted octanol–water partition coefficient (Wildman–Crippen LogP) is 2.98. The molecule has 1 aliphatic rings. The van der Waals surface area contributed by atoms with Crippen LogP contribution in [0.4, 0.5) is 0 Å². The molecular weight excluding hydrogens is 364 g/mol. The van der Waals surface area contributed by atoms with Crippen LogP contribution >= 0.6 is 0 Å². The molecule has 1 aromatic carbocycles. The van der Waals surface area contributed by atoms with E-state index in [1.807, 2.05) is 19.1 Å². The van der Waals surface area contributed by atoms with Crippen molar-refractivity contribution < 1.29 is 17.9 Å². The quantitative estimate of drug-likeness (QED) is 0.606. The van der Waals surface area contributed by atoms with Crippen molar-refractivity contribution in [3.8, 4) is 11.5 Å². The van der Waals surface area contributed by atoms with Crippen molar-refractivity contribution in [2.45, 2.75) is 40.2 Å². The molecule has 0 atom stereocenters. The van der Waals surface area contributed by atoms with Gasteiger partial charge in [0, 0.05) is 32.7 Å². The lowest BCUT2D eigenvalue weighted by atomic mass is 10.1. The summed E-state index contributed by atoms with van der Waals surface area (Å²) < 4.78 is 37.6. The van der Waals surface area contributed by atoms with E-state index in [-0.39, 0.29) is 5.75 Å². The molecule has 0 saturated carbocycles. The van der Waals surface area contributed by atoms with Crippen LogP contribution in [0.1, 0.15) is 39.2 Å². The van der Waals surface area contributed by atoms with E-state index in [0.29, 0.717) is 25.6 Å². The Morgan fingerprint density at radius 3 is 2.41 bits per heavy atom. The molecule has 27 heavy (non-hydrogen) atoms. The Hall–Kier alpha value is -1.31. The molecule has 0 spiro atoms. The zero-order valence-electron chi connectivity index (χ0n) is 17.1. The lowest BCUT2D eigenvalue weighted by Crippen LogP contribution is -2.48. The molecule has 0 unspecified atom stereocenters. The third kappa shape index (κ3) is 6.66. The zero-order chi connectivity index (χ0) is 19.9. The average molecular weight is 399 g/mol. The monoisotopic (exact) mass is 398 g/mol. The van der Waals surface area contributed by atoms with Crippen molar-refractivity contribution in [1.82, 2.24) is 9.21 Å². The second kappa shape index (κ2) is 10.3. The number of hydrogen-bond donors (Lipinski definition) is 0. The maximum absolute atomic E-state index is 12.3. The first-order valence-electron chi connectivity index (χ1n) is 9.85. The number of rotatable bonds is 10. The number of ether oxygens (including phenoxy) is 2. The van der Waals surface area contributed by atoms with Crippen LogP contribution in [0.3, 0.4) is 0 Å². The van der Waals surface area contributed by atoms with Crippen LogP contribution in [-0.4, -0.2) is 63.3 Å². The zero-order valence-corrected chi connectivity index (χ0v) is 17.9. The van der Waals surface area contributed by atoms with Crippen LogP contribution in [0.2, 0.25) is 0 Å². The van der Waals surface area contributed by atoms with Gasteiger partial charge in [0.05, 0.1) is 19.5 Å². The molecule has 2 rings (SSSR count). The topological polar surface area (TPSA) is 59.1 Å². The summed E-state index contributed by atoms with van der Waals surface area (Å²) in [7, 11) is -1.45. The highest BCUT2D eigenvalue weighted by atomic mass is 32.2. The minimum Gasteiger partial charge on any atom is -0.493 e. The van der Waals surface area contributed by atoms with E-state index in [4.69, 9.17) is 9.47 Å². The van der Waals surface area contributed by atoms with Gasteiger partial charge < -0.3 is 9.47 Å². The Morgan fingerprint density at radius 2 is 1.81 bits per heavy atom. The average Bonchev–Trinajstić information content (AvgIpc) is 2.65. The Kier molecular flexibility index (Phi) is 8.38. The van der Waals surface area contributed by atoms with Crippen LogP contribution in [-0.2, 0) is 16.6 Å². The molecule has 1 aliphatic heterocycles. The van der Waals surface area contributed by atoms with E-state index in [1.165, 1.54) is 0 Å². The van der Waals surface area contributed by atoms with Gasteiger partial charge >= 0.3 is 0 Å². The largest absolute Gasteiger partial charge is 0.493 e. The van der Waals surface area contributed by atoms with Crippen molar-refractivity contribution in [1.29, 1.82) is 0 Å². The third-order valence-electron chi connectivity index (χ3n) is 4.69. The fourth-order valence-electron chi connectivity index (χ4n) is 3.07. The van der Waals surface area contributed by atoms with Crippen LogP contribution in [0.15, 0.2) is 18.2 Å². The number of hydrogen-bond acceptors (Lipinski definition) is 5. The number of piperazine rings is 1. The van der Waals surface area contributed by atoms with Crippen molar-refractivity contribution in [2.24, 2.45) is 5.92 Å². The molecule has 154 valence electrons. The molecule has 0 amide bonds. The van der Waals surface area contributed by atoms with Gasteiger partial charge in [-0.05, 0) is 30.0 Å². The van der Waals surface area contributed by atoms with Gasteiger partial charge in [-0.3, -0.25) is 4.90 Å².